The van der Waals surface area contributed by atoms with Crippen molar-refractivity contribution in [2.45, 2.75) is 30.2 Å². The highest BCUT2D eigenvalue weighted by Crippen LogP contribution is 2.33. The molecule has 4 aromatic rings. The smallest absolute Gasteiger partial charge is 0.167 e. The van der Waals surface area contributed by atoms with Crippen LogP contribution in [0.4, 0.5) is 5.82 Å². The molecule has 0 saturated carbocycles. The van der Waals surface area contributed by atoms with Crippen LogP contribution in [-0.4, -0.2) is 36.4 Å². The summed E-state index contributed by atoms with van der Waals surface area (Å²) in [5.41, 5.74) is 8.24. The number of aromatic nitrogens is 5. The summed E-state index contributed by atoms with van der Waals surface area (Å²) in [6.07, 6.45) is 5.21. The minimum absolute atomic E-state index is 0.0699. The predicted molar refractivity (Wildman–Crippen MR) is 105 cm³/mol. The van der Waals surface area contributed by atoms with Gasteiger partial charge in [0.25, 0.3) is 0 Å². The fraction of sp³-hybridized carbons (Fsp3) is 0.263. The van der Waals surface area contributed by atoms with Crippen molar-refractivity contribution >= 4 is 39.6 Å². The van der Waals surface area contributed by atoms with E-state index in [2.05, 4.69) is 33.2 Å². The first kappa shape index (κ1) is 16.5. The molecule has 5 rings (SSSR count). The number of fused-ring (bicyclic) bond motifs is 2. The molecular weight excluding hydrogens is 360 g/mol. The second-order valence-corrected chi connectivity index (χ2v) is 7.57. The number of pyridine rings is 1. The van der Waals surface area contributed by atoms with E-state index in [0.29, 0.717) is 11.3 Å². The average Bonchev–Trinajstić information content (AvgIpc) is 3.33. The third-order valence-corrected chi connectivity index (χ3v) is 5.83. The lowest BCUT2D eigenvalue weighted by atomic mass is 10.2. The maximum absolute atomic E-state index is 6.24. The number of para-hydroxylation sites is 1. The summed E-state index contributed by atoms with van der Waals surface area (Å²) in [5, 5.41) is 2.18. The van der Waals surface area contributed by atoms with Crippen LogP contribution in [0.15, 0.2) is 54.1 Å². The number of nitrogens with two attached hydrogens (primary N) is 1. The Morgan fingerprint density at radius 1 is 1.11 bits per heavy atom. The minimum Gasteiger partial charge on any atom is -0.382 e. The third kappa shape index (κ3) is 3.11. The SMILES string of the molecule is Nc1ncnc2c1ncn2C1CCC(CSc2ccc3ccccc3n2)O1. The van der Waals surface area contributed by atoms with Gasteiger partial charge < -0.3 is 10.5 Å². The molecule has 0 radical (unpaired) electrons. The molecule has 2 atom stereocenters. The van der Waals surface area contributed by atoms with Crippen molar-refractivity contribution < 1.29 is 4.74 Å². The summed E-state index contributed by atoms with van der Waals surface area (Å²) in [7, 11) is 0. The third-order valence-electron chi connectivity index (χ3n) is 4.77. The number of thioether (sulfide) groups is 1. The van der Waals surface area contributed by atoms with Gasteiger partial charge in [-0.25, -0.2) is 19.9 Å². The molecule has 3 aromatic heterocycles. The molecule has 8 heteroatoms. The zero-order valence-corrected chi connectivity index (χ0v) is 15.3. The van der Waals surface area contributed by atoms with E-state index in [0.717, 1.165) is 40.2 Å². The highest BCUT2D eigenvalue weighted by atomic mass is 32.2. The molecule has 2 N–H and O–H groups in total. The molecule has 0 aliphatic carbocycles. The van der Waals surface area contributed by atoms with Gasteiger partial charge in [0.05, 0.1) is 23.0 Å². The molecule has 7 nitrogen and oxygen atoms in total. The fourth-order valence-electron chi connectivity index (χ4n) is 3.40. The Morgan fingerprint density at radius 2 is 2.04 bits per heavy atom. The van der Waals surface area contributed by atoms with Crippen LogP contribution < -0.4 is 5.73 Å². The highest BCUT2D eigenvalue weighted by molar-refractivity contribution is 7.99. The second kappa shape index (κ2) is 6.79. The van der Waals surface area contributed by atoms with Crippen LogP contribution in [0.5, 0.6) is 0 Å². The number of nitrogens with zero attached hydrogens (tertiary/aromatic N) is 5. The monoisotopic (exact) mass is 378 g/mol. The van der Waals surface area contributed by atoms with Gasteiger partial charge in [-0.15, -0.1) is 11.8 Å². The summed E-state index contributed by atoms with van der Waals surface area (Å²) in [4.78, 5) is 17.3. The lowest BCUT2D eigenvalue weighted by molar-refractivity contribution is 0.0153. The van der Waals surface area contributed by atoms with Gasteiger partial charge in [-0.05, 0) is 25.0 Å². The van der Waals surface area contributed by atoms with Crippen LogP contribution in [0.1, 0.15) is 19.1 Å². The van der Waals surface area contributed by atoms with Crippen molar-refractivity contribution in [2.24, 2.45) is 0 Å². The minimum atomic E-state index is -0.0699. The Hall–Kier alpha value is -2.71. The lowest BCUT2D eigenvalue weighted by Crippen LogP contribution is -2.13. The molecule has 1 aliphatic rings. The predicted octanol–water partition coefficient (Wildman–Crippen LogP) is 3.43. The van der Waals surface area contributed by atoms with Crippen molar-refractivity contribution in [3.05, 3.63) is 49.1 Å². The van der Waals surface area contributed by atoms with E-state index in [1.54, 1.807) is 18.1 Å². The standard InChI is InChI=1S/C19H18N6OS/c20-18-17-19(22-10-21-18)25(11-23-17)16-8-6-13(26-16)9-27-15-7-5-12-3-1-2-4-14(12)24-15/h1-5,7,10-11,13,16H,6,8-9H2,(H2,20,21,22). The molecule has 136 valence electrons. The van der Waals surface area contributed by atoms with Gasteiger partial charge in [0.15, 0.2) is 11.5 Å². The molecule has 4 heterocycles. The molecule has 0 bridgehead atoms. The van der Waals surface area contributed by atoms with Crippen molar-refractivity contribution in [2.75, 3.05) is 11.5 Å². The van der Waals surface area contributed by atoms with Crippen LogP contribution in [0.3, 0.4) is 0 Å². The Kier molecular flexibility index (Phi) is 4.14. The largest absolute Gasteiger partial charge is 0.382 e. The number of rotatable bonds is 4. The molecule has 0 amide bonds. The summed E-state index contributed by atoms with van der Waals surface area (Å²) < 4.78 is 8.19. The molecular formula is C19H18N6OS. The number of imidazole rings is 1. The van der Waals surface area contributed by atoms with Gasteiger partial charge in [-0.3, -0.25) is 4.57 Å². The summed E-state index contributed by atoms with van der Waals surface area (Å²) >= 11 is 1.73. The molecule has 27 heavy (non-hydrogen) atoms. The van der Waals surface area contributed by atoms with Gasteiger partial charge in [-0.2, -0.15) is 0 Å². The second-order valence-electron chi connectivity index (χ2n) is 6.53. The van der Waals surface area contributed by atoms with E-state index in [-0.39, 0.29) is 12.3 Å². The number of hydrogen-bond donors (Lipinski definition) is 1. The van der Waals surface area contributed by atoms with E-state index in [1.807, 2.05) is 22.8 Å². The summed E-state index contributed by atoms with van der Waals surface area (Å²) in [6.45, 7) is 0. The first-order valence-corrected chi connectivity index (χ1v) is 9.83. The Labute approximate surface area is 160 Å². The molecule has 1 aliphatic heterocycles. The van der Waals surface area contributed by atoms with E-state index >= 15 is 0 Å². The lowest BCUT2D eigenvalue weighted by Gasteiger charge is -2.15. The van der Waals surface area contributed by atoms with E-state index in [1.165, 1.54) is 6.33 Å². The number of hydrogen-bond acceptors (Lipinski definition) is 7. The zero-order chi connectivity index (χ0) is 18.2. The topological polar surface area (TPSA) is 91.7 Å². The summed E-state index contributed by atoms with van der Waals surface area (Å²) in [5.74, 6) is 1.26. The Balaban J connectivity index is 1.27. The quantitative estimate of drug-likeness (QED) is 0.544. The van der Waals surface area contributed by atoms with E-state index in [9.17, 15) is 0 Å². The van der Waals surface area contributed by atoms with Crippen LogP contribution in [0.25, 0.3) is 22.1 Å². The number of nitrogen functional groups attached to an aromatic ring is 1. The number of anilines is 1. The van der Waals surface area contributed by atoms with Crippen molar-refractivity contribution in [3.8, 4) is 0 Å². The van der Waals surface area contributed by atoms with Gasteiger partial charge in [-0.1, -0.05) is 24.3 Å². The summed E-state index contributed by atoms with van der Waals surface area (Å²) in [6, 6.07) is 12.3. The van der Waals surface area contributed by atoms with Gasteiger partial charge >= 0.3 is 0 Å². The highest BCUT2D eigenvalue weighted by Gasteiger charge is 2.28. The number of benzene rings is 1. The van der Waals surface area contributed by atoms with Crippen molar-refractivity contribution in [1.82, 2.24) is 24.5 Å². The normalized spacial score (nSPS) is 19.9. The Morgan fingerprint density at radius 3 is 3.00 bits per heavy atom. The van der Waals surface area contributed by atoms with Crippen molar-refractivity contribution in [3.63, 3.8) is 0 Å². The van der Waals surface area contributed by atoms with Crippen LogP contribution in [0.2, 0.25) is 0 Å². The van der Waals surface area contributed by atoms with E-state index < -0.39 is 0 Å². The first-order chi connectivity index (χ1) is 13.3. The average molecular weight is 378 g/mol. The zero-order valence-electron chi connectivity index (χ0n) is 14.5. The molecule has 1 saturated heterocycles. The molecule has 2 unspecified atom stereocenters. The van der Waals surface area contributed by atoms with Crippen LogP contribution in [0, 0.1) is 0 Å². The molecule has 1 fully saturated rings. The fourth-order valence-corrected chi connectivity index (χ4v) is 4.33. The maximum atomic E-state index is 6.24. The molecule has 1 aromatic carbocycles. The van der Waals surface area contributed by atoms with Gasteiger partial charge in [0.1, 0.15) is 18.1 Å². The maximum Gasteiger partial charge on any atom is 0.167 e. The van der Waals surface area contributed by atoms with Crippen LogP contribution in [-0.2, 0) is 4.74 Å². The Bertz CT molecular complexity index is 1110. The van der Waals surface area contributed by atoms with Crippen LogP contribution >= 0.6 is 11.8 Å². The first-order valence-electron chi connectivity index (χ1n) is 8.85. The van der Waals surface area contributed by atoms with Gasteiger partial charge in [0.2, 0.25) is 0 Å². The number of ether oxygens (including phenoxy) is 1. The van der Waals surface area contributed by atoms with Crippen molar-refractivity contribution in [1.29, 1.82) is 0 Å². The van der Waals surface area contributed by atoms with E-state index in [4.69, 9.17) is 15.5 Å². The molecule has 0 spiro atoms. The van der Waals surface area contributed by atoms with Gasteiger partial charge in [0, 0.05) is 11.1 Å².